The molecule has 0 saturated heterocycles. The lowest BCUT2D eigenvalue weighted by Crippen LogP contribution is -2.56. The number of benzene rings is 1. The third-order valence-corrected chi connectivity index (χ3v) is 6.58. The van der Waals surface area contributed by atoms with Crippen molar-refractivity contribution < 1.29 is 44.3 Å². The van der Waals surface area contributed by atoms with Crippen LogP contribution in [0.3, 0.4) is 0 Å². The van der Waals surface area contributed by atoms with E-state index in [2.05, 4.69) is 4.98 Å². The first-order valence-electron chi connectivity index (χ1n) is 9.81. The number of carboxylic acids is 1. The number of aromatic nitrogens is 1. The fourth-order valence-corrected chi connectivity index (χ4v) is 5.14. The quantitative estimate of drug-likeness (QED) is 0.434. The van der Waals surface area contributed by atoms with E-state index in [0.29, 0.717) is 11.1 Å². The molecule has 10 heteroatoms. The molecular formula is C22H17NO9. The smallest absolute Gasteiger partial charge is 0.342 e. The van der Waals surface area contributed by atoms with Crippen molar-refractivity contribution in [3.05, 3.63) is 58.4 Å². The molecule has 0 radical (unpaired) electrons. The highest BCUT2D eigenvalue weighted by Crippen LogP contribution is 2.52. The standard InChI is InChI=1S/C22H17NO9/c24-12-2-1-10(20-23-3-4-32-20)11-6-8-5-9-7-13(25)16(21(29)30)19(28)22(9,31)18(27)14(8)17(26)15(11)12/h1-4,8-9,24-25,27,31H,5-7H2,(H,29,30)/t8-,9+,22+/m1/s1. The van der Waals surface area contributed by atoms with Crippen LogP contribution in [0, 0.1) is 11.8 Å². The summed E-state index contributed by atoms with van der Waals surface area (Å²) in [5.74, 6) is -7.34. The van der Waals surface area contributed by atoms with Crippen LogP contribution in [-0.2, 0) is 16.0 Å². The van der Waals surface area contributed by atoms with Gasteiger partial charge in [-0.1, -0.05) is 0 Å². The molecule has 164 valence electrons. The summed E-state index contributed by atoms with van der Waals surface area (Å²) in [4.78, 5) is 41.7. The van der Waals surface area contributed by atoms with Gasteiger partial charge in [-0.2, -0.15) is 0 Å². The highest BCUT2D eigenvalue weighted by Gasteiger charge is 2.60. The van der Waals surface area contributed by atoms with Crippen molar-refractivity contribution in [3.8, 4) is 17.2 Å². The number of aromatic hydroxyl groups is 1. The number of carboxylic acid groups (broad SMARTS) is 1. The van der Waals surface area contributed by atoms with E-state index < -0.39 is 52.1 Å². The molecule has 0 unspecified atom stereocenters. The van der Waals surface area contributed by atoms with E-state index in [1.54, 1.807) is 6.07 Å². The molecular weight excluding hydrogens is 422 g/mol. The maximum atomic E-state index is 13.4. The number of carbonyl (C=O) groups excluding carboxylic acids is 2. The third-order valence-electron chi connectivity index (χ3n) is 6.58. The number of oxazole rings is 1. The Morgan fingerprint density at radius 2 is 1.91 bits per heavy atom. The Kier molecular flexibility index (Phi) is 4.09. The van der Waals surface area contributed by atoms with E-state index in [1.807, 2.05) is 0 Å². The van der Waals surface area contributed by atoms with Gasteiger partial charge >= 0.3 is 5.97 Å². The van der Waals surface area contributed by atoms with Gasteiger partial charge in [0.25, 0.3) is 0 Å². The first-order chi connectivity index (χ1) is 15.2. The van der Waals surface area contributed by atoms with Crippen LogP contribution >= 0.6 is 0 Å². The fraction of sp³-hybridized carbons (Fsp3) is 0.273. The molecule has 1 heterocycles. The van der Waals surface area contributed by atoms with Gasteiger partial charge in [-0.15, -0.1) is 0 Å². The second-order valence-electron chi connectivity index (χ2n) is 8.17. The highest BCUT2D eigenvalue weighted by molar-refractivity contribution is 6.23. The van der Waals surface area contributed by atoms with Crippen molar-refractivity contribution in [3.63, 3.8) is 0 Å². The number of aliphatic hydroxyl groups excluding tert-OH is 2. The van der Waals surface area contributed by atoms with E-state index in [-0.39, 0.29) is 42.0 Å². The number of aliphatic hydroxyl groups is 3. The molecule has 3 atom stereocenters. The Bertz CT molecular complexity index is 1270. The van der Waals surface area contributed by atoms with Crippen LogP contribution in [-0.4, -0.2) is 53.7 Å². The van der Waals surface area contributed by atoms with E-state index in [4.69, 9.17) is 4.42 Å². The van der Waals surface area contributed by atoms with Crippen LogP contribution in [0.25, 0.3) is 11.5 Å². The number of hydrogen-bond acceptors (Lipinski definition) is 9. The summed E-state index contributed by atoms with van der Waals surface area (Å²) in [6, 6.07) is 2.84. The number of hydrogen-bond donors (Lipinski definition) is 5. The average Bonchev–Trinajstić information content (AvgIpc) is 3.25. The minimum atomic E-state index is -2.66. The van der Waals surface area contributed by atoms with Crippen molar-refractivity contribution in [1.82, 2.24) is 4.98 Å². The van der Waals surface area contributed by atoms with Gasteiger partial charge in [-0.3, -0.25) is 9.59 Å². The lowest BCUT2D eigenvalue weighted by Gasteiger charge is -2.45. The van der Waals surface area contributed by atoms with Gasteiger partial charge in [0.15, 0.2) is 11.4 Å². The Morgan fingerprint density at radius 3 is 2.56 bits per heavy atom. The molecule has 1 aromatic heterocycles. The predicted molar refractivity (Wildman–Crippen MR) is 105 cm³/mol. The molecule has 0 amide bonds. The lowest BCUT2D eigenvalue weighted by molar-refractivity contribution is -0.147. The molecule has 0 aliphatic heterocycles. The topological polar surface area (TPSA) is 178 Å². The summed E-state index contributed by atoms with van der Waals surface area (Å²) in [5, 5.41) is 51.9. The van der Waals surface area contributed by atoms with Gasteiger partial charge in [0.05, 0.1) is 11.8 Å². The average molecular weight is 439 g/mol. The van der Waals surface area contributed by atoms with Crippen molar-refractivity contribution in [2.45, 2.75) is 24.9 Å². The number of fused-ring (bicyclic) bond motifs is 3. The number of rotatable bonds is 2. The monoisotopic (exact) mass is 439 g/mol. The second-order valence-corrected chi connectivity index (χ2v) is 8.17. The van der Waals surface area contributed by atoms with Gasteiger partial charge in [-0.05, 0) is 36.5 Å². The minimum Gasteiger partial charge on any atom is -0.511 e. The van der Waals surface area contributed by atoms with Gasteiger partial charge < -0.3 is 29.9 Å². The zero-order valence-electron chi connectivity index (χ0n) is 16.4. The highest BCUT2D eigenvalue weighted by atomic mass is 16.4. The van der Waals surface area contributed by atoms with Gasteiger partial charge in [0.1, 0.15) is 29.1 Å². The first kappa shape index (κ1) is 20.0. The van der Waals surface area contributed by atoms with Crippen molar-refractivity contribution in [2.75, 3.05) is 0 Å². The number of phenolic OH excluding ortho intramolecular Hbond substituents is 1. The number of phenols is 1. The molecule has 0 fully saturated rings. The van der Waals surface area contributed by atoms with Gasteiger partial charge in [0.2, 0.25) is 11.7 Å². The second kappa shape index (κ2) is 6.54. The Labute approximate surface area is 179 Å². The molecule has 3 aliphatic rings. The summed E-state index contributed by atoms with van der Waals surface area (Å²) < 4.78 is 5.34. The van der Waals surface area contributed by atoms with E-state index >= 15 is 0 Å². The number of carbonyl (C=O) groups is 3. The van der Waals surface area contributed by atoms with E-state index in [0.717, 1.165) is 0 Å². The van der Waals surface area contributed by atoms with Crippen molar-refractivity contribution in [1.29, 1.82) is 0 Å². The summed E-state index contributed by atoms with van der Waals surface area (Å²) in [6.45, 7) is 0. The molecule has 5 N–H and O–H groups in total. The molecule has 2 aromatic rings. The lowest BCUT2D eigenvalue weighted by atomic mass is 9.60. The molecule has 5 rings (SSSR count). The van der Waals surface area contributed by atoms with Crippen molar-refractivity contribution >= 4 is 17.5 Å². The van der Waals surface area contributed by atoms with Crippen LogP contribution in [0.15, 0.2) is 51.7 Å². The fourth-order valence-electron chi connectivity index (χ4n) is 5.14. The zero-order valence-corrected chi connectivity index (χ0v) is 16.4. The summed E-state index contributed by atoms with van der Waals surface area (Å²) >= 11 is 0. The molecule has 0 bridgehead atoms. The largest absolute Gasteiger partial charge is 0.511 e. The van der Waals surface area contributed by atoms with E-state index in [9.17, 15) is 39.9 Å². The van der Waals surface area contributed by atoms with Crippen LogP contribution in [0.4, 0.5) is 0 Å². The molecule has 32 heavy (non-hydrogen) atoms. The first-order valence-corrected chi connectivity index (χ1v) is 9.81. The maximum absolute atomic E-state index is 13.4. The van der Waals surface area contributed by atoms with Gasteiger partial charge in [-0.25, -0.2) is 9.78 Å². The number of Topliss-reactive ketones (excluding diaryl/α,β-unsaturated/α-hetero) is 2. The summed E-state index contributed by atoms with van der Waals surface area (Å²) in [5.41, 5.74) is -3.12. The normalized spacial score (nSPS) is 27.2. The zero-order chi connectivity index (χ0) is 22.9. The Morgan fingerprint density at radius 1 is 1.16 bits per heavy atom. The third kappa shape index (κ3) is 2.43. The Balaban J connectivity index is 1.70. The number of aliphatic carboxylic acids is 1. The summed E-state index contributed by atoms with van der Waals surface area (Å²) in [6.07, 6.45) is 2.61. The van der Waals surface area contributed by atoms with Crippen LogP contribution in [0.5, 0.6) is 5.75 Å². The van der Waals surface area contributed by atoms with Gasteiger partial charge in [0, 0.05) is 23.5 Å². The SMILES string of the molecule is O=C(O)C1=C(O)C[C@@H]2C[C@@H]3Cc4c(-c5ncco5)ccc(O)c4C(=O)C3=C(O)[C@]2(O)C1=O. The van der Waals surface area contributed by atoms with Crippen LogP contribution in [0.2, 0.25) is 0 Å². The molecule has 10 nitrogen and oxygen atoms in total. The van der Waals surface area contributed by atoms with Crippen molar-refractivity contribution in [2.24, 2.45) is 11.8 Å². The Hall–Kier alpha value is -3.92. The molecule has 3 aliphatic carbocycles. The number of allylic oxidation sites excluding steroid dienone is 2. The predicted octanol–water partition coefficient (Wildman–Crippen LogP) is 1.83. The molecule has 1 aromatic carbocycles. The summed E-state index contributed by atoms with van der Waals surface area (Å²) in [7, 11) is 0. The maximum Gasteiger partial charge on any atom is 0.342 e. The minimum absolute atomic E-state index is 0.0183. The van der Waals surface area contributed by atoms with E-state index in [1.165, 1.54) is 18.5 Å². The number of nitrogens with zero attached hydrogens (tertiary/aromatic N) is 1. The van der Waals surface area contributed by atoms with Crippen LogP contribution in [0.1, 0.15) is 28.8 Å². The molecule has 0 spiro atoms. The number of ketones is 2. The molecule has 0 saturated carbocycles. The van der Waals surface area contributed by atoms with Crippen LogP contribution < -0.4 is 0 Å².